The van der Waals surface area contributed by atoms with Crippen LogP contribution in [0, 0.1) is 45.5 Å². The van der Waals surface area contributed by atoms with Crippen molar-refractivity contribution in [2.24, 2.45) is 0 Å². The second-order valence-corrected chi connectivity index (χ2v) is 0.289. The SMILES string of the molecule is C=C[CH2-].[F-].[F-].[Tb+3]. The zero-order valence-corrected chi connectivity index (χ0v) is 5.22. The minimum Gasteiger partial charge on any atom is -1.00 e. The van der Waals surface area contributed by atoms with Crippen molar-refractivity contribution < 1.29 is 48.0 Å². The molecule has 0 aromatic rings. The van der Waals surface area contributed by atoms with Crippen molar-refractivity contribution >= 4 is 0 Å². The molecule has 0 radical (unpaired) electrons. The van der Waals surface area contributed by atoms with E-state index in [-0.39, 0.29) is 48.0 Å². The molecular formula is C3H5F2Tb. The zero-order chi connectivity index (χ0) is 2.71. The van der Waals surface area contributed by atoms with E-state index in [0.29, 0.717) is 0 Å². The number of rotatable bonds is 0. The predicted octanol–water partition coefficient (Wildman–Crippen LogP) is -4.99. The first-order valence-electron chi connectivity index (χ1n) is 0.816. The summed E-state index contributed by atoms with van der Waals surface area (Å²) in [6.45, 7) is 6.50. The summed E-state index contributed by atoms with van der Waals surface area (Å²) in [5.74, 6) is 0. The molecule has 0 saturated heterocycles. The Labute approximate surface area is 67.2 Å². The number of allylic oxidation sites excluding steroid dienone is 1. The first-order chi connectivity index (χ1) is 1.41. The molecule has 6 heavy (non-hydrogen) atoms. The van der Waals surface area contributed by atoms with Gasteiger partial charge in [-0.3, -0.25) is 0 Å². The monoisotopic (exact) mass is 238 g/mol. The Hall–Kier alpha value is 0.756. The van der Waals surface area contributed by atoms with E-state index < -0.39 is 0 Å². The average molecular weight is 238 g/mol. The van der Waals surface area contributed by atoms with E-state index in [2.05, 4.69) is 13.5 Å². The fourth-order valence-electron chi connectivity index (χ4n) is 0. The van der Waals surface area contributed by atoms with E-state index in [1.807, 2.05) is 0 Å². The molecule has 0 fully saturated rings. The van der Waals surface area contributed by atoms with Crippen LogP contribution in [-0.4, -0.2) is 0 Å². The minimum absolute atomic E-state index is 0. The van der Waals surface area contributed by atoms with Gasteiger partial charge in [-0.15, -0.1) is 0 Å². The van der Waals surface area contributed by atoms with Crippen molar-refractivity contribution in [3.8, 4) is 0 Å². The maximum atomic E-state index is 3.25. The Morgan fingerprint density at radius 3 is 1.33 bits per heavy atom. The van der Waals surface area contributed by atoms with Gasteiger partial charge in [-0.05, 0) is 0 Å². The van der Waals surface area contributed by atoms with E-state index >= 15 is 0 Å². The Balaban J connectivity index is -0.00000000667. The van der Waals surface area contributed by atoms with Crippen LogP contribution in [-0.2, 0) is 0 Å². The van der Waals surface area contributed by atoms with Crippen LogP contribution in [0.1, 0.15) is 0 Å². The molecule has 0 bridgehead atoms. The molecule has 0 N–H and O–H groups in total. The molecule has 0 heterocycles. The van der Waals surface area contributed by atoms with E-state index in [4.69, 9.17) is 0 Å². The van der Waals surface area contributed by atoms with Crippen molar-refractivity contribution in [1.82, 2.24) is 0 Å². The van der Waals surface area contributed by atoms with Crippen LogP contribution in [0.2, 0.25) is 0 Å². The second kappa shape index (κ2) is 42.2. The fourth-order valence-corrected chi connectivity index (χ4v) is 0. The third kappa shape index (κ3) is 117. The van der Waals surface area contributed by atoms with E-state index in [0.717, 1.165) is 0 Å². The molecule has 3 heteroatoms. The Morgan fingerprint density at radius 2 is 1.33 bits per heavy atom. The van der Waals surface area contributed by atoms with Crippen LogP contribution in [0.25, 0.3) is 0 Å². The van der Waals surface area contributed by atoms with Crippen molar-refractivity contribution in [2.75, 3.05) is 0 Å². The summed E-state index contributed by atoms with van der Waals surface area (Å²) in [4.78, 5) is 0. The van der Waals surface area contributed by atoms with Crippen molar-refractivity contribution in [3.63, 3.8) is 0 Å². The molecule has 0 amide bonds. The topological polar surface area (TPSA) is 0 Å². The minimum atomic E-state index is 0. The normalized spacial score (nSPS) is 2.00. The zero-order valence-electron chi connectivity index (χ0n) is 3.08. The predicted molar refractivity (Wildman–Crippen MR) is 15.6 cm³/mol. The molecule has 0 nitrogen and oxygen atoms in total. The van der Waals surface area contributed by atoms with Gasteiger partial charge in [0.25, 0.3) is 0 Å². The molecule has 0 saturated carbocycles. The Kier molecular flexibility index (Phi) is 207. The molecule has 0 aliphatic heterocycles. The van der Waals surface area contributed by atoms with Gasteiger partial charge in [0.05, 0.1) is 0 Å². The number of hydrogen-bond donors (Lipinski definition) is 0. The second-order valence-electron chi connectivity index (χ2n) is 0.289. The summed E-state index contributed by atoms with van der Waals surface area (Å²) in [6, 6.07) is 0. The molecule has 0 atom stereocenters. The summed E-state index contributed by atoms with van der Waals surface area (Å²) >= 11 is 0. The number of halogens is 2. The molecule has 0 spiro atoms. The molecule has 0 aliphatic rings. The third-order valence-corrected chi connectivity index (χ3v) is 0. The summed E-state index contributed by atoms with van der Waals surface area (Å²) in [7, 11) is 0. The van der Waals surface area contributed by atoms with Crippen LogP contribution < -0.4 is 9.41 Å². The summed E-state index contributed by atoms with van der Waals surface area (Å²) in [5.41, 5.74) is 0. The van der Waals surface area contributed by atoms with Gasteiger partial charge in [0.2, 0.25) is 0 Å². The van der Waals surface area contributed by atoms with Gasteiger partial charge in [-0.2, -0.15) is 0 Å². The van der Waals surface area contributed by atoms with E-state index in [1.165, 1.54) is 6.08 Å². The summed E-state index contributed by atoms with van der Waals surface area (Å²) in [5, 5.41) is 0. The molecule has 0 unspecified atom stereocenters. The maximum Gasteiger partial charge on any atom is 3.00 e. The van der Waals surface area contributed by atoms with Gasteiger partial charge in [0.1, 0.15) is 0 Å². The smallest absolute Gasteiger partial charge is 1.00 e. The van der Waals surface area contributed by atoms with Crippen LogP contribution >= 0.6 is 0 Å². The molecular weight excluding hydrogens is 233 g/mol. The summed E-state index contributed by atoms with van der Waals surface area (Å²) in [6.07, 6.45) is 1.50. The molecule has 0 rings (SSSR count). The van der Waals surface area contributed by atoms with E-state index in [1.54, 1.807) is 0 Å². The standard InChI is InChI=1S/C3H5.2FH.Tb/c1-3-2;;;/h3H,1-2H2;2*1H;/q-1;;;+3/p-2. The van der Waals surface area contributed by atoms with Crippen LogP contribution in [0.3, 0.4) is 0 Å². The Bertz CT molecular complexity index is 16.3. The maximum absolute atomic E-state index is 3.25. The van der Waals surface area contributed by atoms with Crippen molar-refractivity contribution in [1.29, 1.82) is 0 Å². The van der Waals surface area contributed by atoms with Gasteiger partial charge in [0.15, 0.2) is 0 Å². The molecule has 0 aromatic carbocycles. The average Bonchev–Trinajstić information content (AvgIpc) is 0.918. The van der Waals surface area contributed by atoms with Crippen molar-refractivity contribution in [3.05, 3.63) is 19.6 Å². The fraction of sp³-hybridized carbons (Fsp3) is 0. The van der Waals surface area contributed by atoms with Gasteiger partial charge in [-0.1, -0.05) is 0 Å². The van der Waals surface area contributed by atoms with Gasteiger partial charge < -0.3 is 9.41 Å². The molecule has 0 aliphatic carbocycles. The van der Waals surface area contributed by atoms with Crippen molar-refractivity contribution in [2.45, 2.75) is 0 Å². The third-order valence-electron chi connectivity index (χ3n) is 0. The first kappa shape index (κ1) is 29.5. The van der Waals surface area contributed by atoms with E-state index in [9.17, 15) is 0 Å². The summed E-state index contributed by atoms with van der Waals surface area (Å²) < 4.78 is 0. The van der Waals surface area contributed by atoms with Crippen LogP contribution in [0.4, 0.5) is 0 Å². The van der Waals surface area contributed by atoms with Crippen LogP contribution in [0.5, 0.6) is 0 Å². The Morgan fingerprint density at radius 1 is 1.33 bits per heavy atom. The molecule has 40 valence electrons. The van der Waals surface area contributed by atoms with Crippen LogP contribution in [0.15, 0.2) is 12.7 Å². The van der Waals surface area contributed by atoms with Gasteiger partial charge in [0, 0.05) is 0 Å². The van der Waals surface area contributed by atoms with Gasteiger partial charge in [-0.25, -0.2) is 19.6 Å². The first-order valence-corrected chi connectivity index (χ1v) is 0.816. The molecule has 0 aromatic heterocycles. The largest absolute Gasteiger partial charge is 3.00 e. The number of hydrogen-bond acceptors (Lipinski definition) is 0. The quantitative estimate of drug-likeness (QED) is 0.371. The van der Waals surface area contributed by atoms with Gasteiger partial charge >= 0.3 is 38.6 Å².